The third kappa shape index (κ3) is 4.33. The predicted octanol–water partition coefficient (Wildman–Crippen LogP) is 2.33. The molecule has 1 aliphatic heterocycles. The number of hydrogen-bond donors (Lipinski definition) is 1. The third-order valence-electron chi connectivity index (χ3n) is 5.08. The first-order chi connectivity index (χ1) is 14.7. The Morgan fingerprint density at radius 1 is 1.10 bits per heavy atom. The normalized spacial score (nSPS) is 14.3. The Balaban J connectivity index is 0.00000231. The molecule has 0 radical (unpaired) electrons. The monoisotopic (exact) mass is 425 g/mol. The number of hydrogen-bond acceptors (Lipinski definition) is 6. The van der Waals surface area contributed by atoms with Crippen molar-refractivity contribution < 1.29 is 14.6 Å². The van der Waals surface area contributed by atoms with E-state index in [-0.39, 0.29) is 35.1 Å². The molecule has 0 spiro atoms. The van der Waals surface area contributed by atoms with Gasteiger partial charge in [-0.2, -0.15) is 0 Å². The first kappa shape index (κ1) is 21.5. The van der Waals surface area contributed by atoms with E-state index >= 15 is 0 Å². The number of nitrogens with zero attached hydrogens (tertiary/aromatic N) is 5. The maximum absolute atomic E-state index is 11.7. The molecular weight excluding hydrogens is 405 g/mol. The number of morpholine rings is 1. The van der Waals surface area contributed by atoms with Crippen LogP contribution in [0.5, 0.6) is 0 Å². The van der Waals surface area contributed by atoms with Gasteiger partial charge in [0, 0.05) is 37.1 Å². The van der Waals surface area contributed by atoms with Crippen LogP contribution in [0.3, 0.4) is 0 Å². The van der Waals surface area contributed by atoms with E-state index in [1.165, 1.54) is 0 Å². The fourth-order valence-electron chi connectivity index (χ4n) is 3.63. The molecule has 5 rings (SSSR count). The molecule has 4 aromatic rings. The van der Waals surface area contributed by atoms with Gasteiger partial charge in [0.25, 0.3) is 0 Å². The molecule has 1 saturated heterocycles. The molecule has 8 nitrogen and oxygen atoms in total. The van der Waals surface area contributed by atoms with Crippen molar-refractivity contribution in [3.63, 3.8) is 0 Å². The Bertz CT molecular complexity index is 1280. The van der Waals surface area contributed by atoms with Gasteiger partial charge in [-0.25, -0.2) is 19.7 Å². The van der Waals surface area contributed by atoms with E-state index in [2.05, 4.69) is 14.9 Å². The molecule has 3 aromatic heterocycles. The van der Waals surface area contributed by atoms with Gasteiger partial charge >= 0.3 is 35.5 Å². The van der Waals surface area contributed by atoms with Crippen LogP contribution < -0.4 is 4.90 Å². The van der Waals surface area contributed by atoms with Crippen molar-refractivity contribution in [2.75, 3.05) is 31.2 Å². The summed E-state index contributed by atoms with van der Waals surface area (Å²) in [6, 6.07) is 8.81. The average Bonchev–Trinajstić information content (AvgIpc) is 3.21. The summed E-state index contributed by atoms with van der Waals surface area (Å²) in [5.74, 6) is -0.144. The minimum absolute atomic E-state index is 0. The van der Waals surface area contributed by atoms with E-state index in [1.807, 2.05) is 41.1 Å². The summed E-state index contributed by atoms with van der Waals surface area (Å²) in [4.78, 5) is 27.6. The van der Waals surface area contributed by atoms with E-state index in [4.69, 9.17) is 9.72 Å². The summed E-state index contributed by atoms with van der Waals surface area (Å²) in [6.45, 7) is 2.92. The Hall–Kier alpha value is -2.78. The van der Waals surface area contributed by atoms with Crippen LogP contribution in [-0.2, 0) is 4.74 Å². The van der Waals surface area contributed by atoms with Crippen molar-refractivity contribution in [1.29, 1.82) is 0 Å². The zero-order valence-electron chi connectivity index (χ0n) is 16.1. The van der Waals surface area contributed by atoms with Gasteiger partial charge in [-0.1, -0.05) is 18.2 Å². The minimum atomic E-state index is -0.975. The molecule has 0 aliphatic carbocycles. The van der Waals surface area contributed by atoms with Crippen LogP contribution in [0.2, 0.25) is 0 Å². The SMILES string of the molecule is O=C(O)c1cc(C=Cc2cn3ccnc(N4CCOCC4)c3n2)nc2ccccc12.[NaH]. The number of pyridine rings is 1. The Morgan fingerprint density at radius 3 is 2.68 bits per heavy atom. The Labute approximate surface area is 200 Å². The van der Waals surface area contributed by atoms with E-state index in [0.717, 1.165) is 30.2 Å². The number of aromatic nitrogens is 4. The molecule has 1 fully saturated rings. The van der Waals surface area contributed by atoms with E-state index in [0.29, 0.717) is 29.8 Å². The molecule has 31 heavy (non-hydrogen) atoms. The fraction of sp³-hybridized carbons (Fsp3) is 0.182. The van der Waals surface area contributed by atoms with E-state index < -0.39 is 5.97 Å². The molecule has 9 heteroatoms. The van der Waals surface area contributed by atoms with Gasteiger partial charge < -0.3 is 19.1 Å². The van der Waals surface area contributed by atoms with Crippen LogP contribution in [0.4, 0.5) is 5.82 Å². The number of ether oxygens (including phenoxy) is 1. The quantitative estimate of drug-likeness (QED) is 0.502. The van der Waals surface area contributed by atoms with Crippen molar-refractivity contribution in [1.82, 2.24) is 19.4 Å². The van der Waals surface area contributed by atoms with Crippen LogP contribution >= 0.6 is 0 Å². The number of para-hydroxylation sites is 1. The molecule has 1 aromatic carbocycles. The van der Waals surface area contributed by atoms with Crippen molar-refractivity contribution in [2.45, 2.75) is 0 Å². The molecule has 0 bridgehead atoms. The predicted molar refractivity (Wildman–Crippen MR) is 121 cm³/mol. The summed E-state index contributed by atoms with van der Waals surface area (Å²) in [5.41, 5.74) is 2.95. The van der Waals surface area contributed by atoms with Crippen molar-refractivity contribution in [3.8, 4) is 0 Å². The molecular formula is C22H20N5NaO3. The van der Waals surface area contributed by atoms with Crippen LogP contribution in [0.25, 0.3) is 28.7 Å². The Kier molecular flexibility index (Phi) is 6.33. The second kappa shape index (κ2) is 9.15. The topological polar surface area (TPSA) is 92.8 Å². The molecule has 1 N–H and O–H groups in total. The standard InChI is InChI=1S/C22H19N5O3.Na.H/c28-22(29)18-13-15(24-19-4-2-1-3-17(18)19)5-6-16-14-27-8-7-23-20(21(27)25-16)26-9-11-30-12-10-26;;/h1-8,13-14H,9-12H2,(H,28,29);;. The number of benzene rings is 1. The molecule has 0 amide bonds. The fourth-order valence-corrected chi connectivity index (χ4v) is 3.63. The molecule has 152 valence electrons. The third-order valence-corrected chi connectivity index (χ3v) is 5.08. The van der Waals surface area contributed by atoms with Crippen molar-refractivity contribution >= 4 is 70.0 Å². The number of carboxylic acid groups (broad SMARTS) is 1. The molecule has 4 heterocycles. The summed E-state index contributed by atoms with van der Waals surface area (Å²) >= 11 is 0. The number of imidazole rings is 1. The average molecular weight is 425 g/mol. The summed E-state index contributed by atoms with van der Waals surface area (Å²) in [5, 5.41) is 10.2. The van der Waals surface area contributed by atoms with Gasteiger partial charge in [0.2, 0.25) is 0 Å². The van der Waals surface area contributed by atoms with Gasteiger partial charge in [-0.15, -0.1) is 0 Å². The van der Waals surface area contributed by atoms with E-state index in [9.17, 15) is 9.90 Å². The number of carbonyl (C=O) groups is 1. The number of rotatable bonds is 4. The van der Waals surface area contributed by atoms with Gasteiger partial charge in [-0.3, -0.25) is 0 Å². The molecule has 0 atom stereocenters. The van der Waals surface area contributed by atoms with Gasteiger partial charge in [-0.05, 0) is 24.3 Å². The summed E-state index contributed by atoms with van der Waals surface area (Å²) in [6.07, 6.45) is 9.15. The number of aromatic carboxylic acids is 1. The molecule has 0 saturated carbocycles. The van der Waals surface area contributed by atoms with E-state index in [1.54, 1.807) is 24.4 Å². The van der Waals surface area contributed by atoms with Crippen molar-refractivity contribution in [3.05, 3.63) is 65.9 Å². The van der Waals surface area contributed by atoms with Crippen LogP contribution in [0.1, 0.15) is 21.7 Å². The number of carboxylic acids is 1. The second-order valence-electron chi connectivity index (χ2n) is 7.00. The molecule has 1 aliphatic rings. The summed E-state index contributed by atoms with van der Waals surface area (Å²) < 4.78 is 7.36. The van der Waals surface area contributed by atoms with Crippen LogP contribution in [0, 0.1) is 0 Å². The first-order valence-corrected chi connectivity index (χ1v) is 9.66. The van der Waals surface area contributed by atoms with Gasteiger partial charge in [0.1, 0.15) is 0 Å². The maximum atomic E-state index is 11.7. The van der Waals surface area contributed by atoms with Crippen LogP contribution in [0.15, 0.2) is 48.9 Å². The summed E-state index contributed by atoms with van der Waals surface area (Å²) in [7, 11) is 0. The zero-order valence-corrected chi connectivity index (χ0v) is 16.1. The zero-order chi connectivity index (χ0) is 20.5. The second-order valence-corrected chi connectivity index (χ2v) is 7.00. The Morgan fingerprint density at radius 2 is 1.87 bits per heavy atom. The first-order valence-electron chi connectivity index (χ1n) is 9.66. The van der Waals surface area contributed by atoms with Crippen molar-refractivity contribution in [2.24, 2.45) is 0 Å². The number of fused-ring (bicyclic) bond motifs is 2. The van der Waals surface area contributed by atoms with Gasteiger partial charge in [0.15, 0.2) is 11.5 Å². The van der Waals surface area contributed by atoms with Gasteiger partial charge in [0.05, 0.1) is 35.7 Å². The number of anilines is 1. The van der Waals surface area contributed by atoms with Crippen LogP contribution in [-0.4, -0.2) is 86.3 Å². The molecule has 0 unspecified atom stereocenters.